The largest absolute Gasteiger partial charge is 0.465 e. The average molecular weight is 313 g/mol. The van der Waals surface area contributed by atoms with Gasteiger partial charge in [0.05, 0.1) is 18.4 Å². The molecule has 118 valence electrons. The topological polar surface area (TPSA) is 81.7 Å². The highest BCUT2D eigenvalue weighted by Gasteiger charge is 2.14. The van der Waals surface area contributed by atoms with Gasteiger partial charge in [-0.3, -0.25) is 9.59 Å². The minimum Gasteiger partial charge on any atom is -0.465 e. The van der Waals surface area contributed by atoms with Gasteiger partial charge in [0.2, 0.25) is 0 Å². The van der Waals surface area contributed by atoms with E-state index in [1.807, 2.05) is 0 Å². The number of benzene rings is 2. The van der Waals surface area contributed by atoms with E-state index in [4.69, 9.17) is 4.74 Å². The molecule has 0 atom stereocenters. The lowest BCUT2D eigenvalue weighted by molar-refractivity contribution is -0.131. The van der Waals surface area contributed by atoms with Crippen LogP contribution in [-0.4, -0.2) is 25.0 Å². The second-order valence-corrected chi connectivity index (χ2v) is 4.61. The Hall–Kier alpha value is -3.15. The Morgan fingerprint density at radius 2 is 1.74 bits per heavy atom. The molecule has 1 amide bonds. The summed E-state index contributed by atoms with van der Waals surface area (Å²) in [4.78, 5) is 35.0. The average Bonchev–Trinajstić information content (AvgIpc) is 2.54. The first-order valence-electron chi connectivity index (χ1n) is 6.78. The second kappa shape index (κ2) is 7.22. The summed E-state index contributed by atoms with van der Waals surface area (Å²) in [6.45, 7) is 1.28. The van der Waals surface area contributed by atoms with Crippen molar-refractivity contribution < 1.29 is 23.9 Å². The van der Waals surface area contributed by atoms with Gasteiger partial charge in [0, 0.05) is 12.5 Å². The molecule has 1 N–H and O–H groups in total. The second-order valence-electron chi connectivity index (χ2n) is 4.61. The van der Waals surface area contributed by atoms with Crippen molar-refractivity contribution in [3.05, 3.63) is 59.7 Å². The number of amides is 1. The van der Waals surface area contributed by atoms with E-state index in [1.54, 1.807) is 42.5 Å². The molecule has 6 heteroatoms. The molecule has 0 aromatic heterocycles. The zero-order valence-corrected chi connectivity index (χ0v) is 12.7. The Balaban J connectivity index is 2.23. The molecule has 0 bridgehead atoms. The van der Waals surface area contributed by atoms with Crippen LogP contribution in [0.15, 0.2) is 48.5 Å². The molecule has 2 rings (SSSR count). The molecule has 23 heavy (non-hydrogen) atoms. The van der Waals surface area contributed by atoms with E-state index in [2.05, 4.69) is 10.1 Å². The molecule has 0 aliphatic carbocycles. The van der Waals surface area contributed by atoms with E-state index in [1.165, 1.54) is 20.1 Å². The molecule has 0 aliphatic rings. The fraction of sp³-hybridized carbons (Fsp3) is 0.118. The number of nitrogens with one attached hydrogen (secondary N) is 1. The van der Waals surface area contributed by atoms with E-state index >= 15 is 0 Å². The van der Waals surface area contributed by atoms with Crippen LogP contribution in [0.3, 0.4) is 0 Å². The Kier molecular flexibility index (Phi) is 5.09. The first kappa shape index (κ1) is 16.2. The molecule has 0 unspecified atom stereocenters. The SMILES string of the molecule is COC(=O)c1ccccc1NC(=O)c1cccc(OC(C)=O)c1. The van der Waals surface area contributed by atoms with E-state index in [0.29, 0.717) is 11.3 Å². The van der Waals surface area contributed by atoms with Crippen molar-refractivity contribution in [1.29, 1.82) is 0 Å². The summed E-state index contributed by atoms with van der Waals surface area (Å²) in [7, 11) is 1.27. The summed E-state index contributed by atoms with van der Waals surface area (Å²) in [6, 6.07) is 12.7. The van der Waals surface area contributed by atoms with Crippen molar-refractivity contribution in [2.45, 2.75) is 6.92 Å². The molecule has 0 spiro atoms. The molecule has 0 aliphatic heterocycles. The predicted molar refractivity (Wildman–Crippen MR) is 83.5 cm³/mol. The van der Waals surface area contributed by atoms with Crippen LogP contribution < -0.4 is 10.1 Å². The Morgan fingerprint density at radius 3 is 2.43 bits per heavy atom. The van der Waals surface area contributed by atoms with Crippen LogP contribution >= 0.6 is 0 Å². The third-order valence-corrected chi connectivity index (χ3v) is 2.94. The lowest BCUT2D eigenvalue weighted by Crippen LogP contribution is -2.15. The minimum absolute atomic E-state index is 0.250. The number of hydrogen-bond acceptors (Lipinski definition) is 5. The molecule has 2 aromatic carbocycles. The van der Waals surface area contributed by atoms with Crippen molar-refractivity contribution in [2.75, 3.05) is 12.4 Å². The van der Waals surface area contributed by atoms with Crippen LogP contribution in [0.1, 0.15) is 27.6 Å². The maximum Gasteiger partial charge on any atom is 0.339 e. The van der Waals surface area contributed by atoms with Crippen molar-refractivity contribution >= 4 is 23.5 Å². The molecule has 0 fully saturated rings. The van der Waals surface area contributed by atoms with Gasteiger partial charge >= 0.3 is 11.9 Å². The first-order valence-corrected chi connectivity index (χ1v) is 6.78. The van der Waals surface area contributed by atoms with Crippen LogP contribution in [0.4, 0.5) is 5.69 Å². The predicted octanol–water partition coefficient (Wildman–Crippen LogP) is 2.65. The first-order chi connectivity index (χ1) is 11.0. The Bertz CT molecular complexity index is 754. The van der Waals surface area contributed by atoms with Crippen molar-refractivity contribution in [3.8, 4) is 5.75 Å². The fourth-order valence-corrected chi connectivity index (χ4v) is 1.94. The molecular formula is C17H15NO5. The molecule has 0 saturated carbocycles. The highest BCUT2D eigenvalue weighted by atomic mass is 16.5. The maximum atomic E-state index is 12.3. The van der Waals surface area contributed by atoms with Gasteiger partial charge in [0.15, 0.2) is 0 Å². The van der Waals surface area contributed by atoms with Gasteiger partial charge in [-0.15, -0.1) is 0 Å². The lowest BCUT2D eigenvalue weighted by atomic mass is 10.1. The Morgan fingerprint density at radius 1 is 1.00 bits per heavy atom. The molecular weight excluding hydrogens is 298 g/mol. The van der Waals surface area contributed by atoms with Crippen LogP contribution in [0.5, 0.6) is 5.75 Å². The normalized spacial score (nSPS) is 9.83. The summed E-state index contributed by atoms with van der Waals surface area (Å²) >= 11 is 0. The Labute approximate surface area is 133 Å². The molecule has 0 saturated heterocycles. The van der Waals surface area contributed by atoms with E-state index < -0.39 is 17.8 Å². The summed E-state index contributed by atoms with van der Waals surface area (Å²) < 4.78 is 9.62. The van der Waals surface area contributed by atoms with E-state index in [-0.39, 0.29) is 11.3 Å². The number of methoxy groups -OCH3 is 1. The molecule has 0 radical (unpaired) electrons. The summed E-state index contributed by atoms with van der Waals surface area (Å²) in [5.41, 5.74) is 0.880. The molecule has 0 heterocycles. The lowest BCUT2D eigenvalue weighted by Gasteiger charge is -2.10. The quantitative estimate of drug-likeness (QED) is 0.693. The van der Waals surface area contributed by atoms with Gasteiger partial charge in [-0.2, -0.15) is 0 Å². The van der Waals surface area contributed by atoms with Gasteiger partial charge in [-0.25, -0.2) is 4.79 Å². The summed E-state index contributed by atoms with van der Waals surface area (Å²) in [6.07, 6.45) is 0. The summed E-state index contributed by atoms with van der Waals surface area (Å²) in [5.74, 6) is -1.19. The number of carbonyl (C=O) groups is 3. The molecule has 2 aromatic rings. The number of carbonyl (C=O) groups excluding carboxylic acids is 3. The van der Waals surface area contributed by atoms with Crippen molar-refractivity contribution in [1.82, 2.24) is 0 Å². The number of rotatable bonds is 4. The van der Waals surface area contributed by atoms with Gasteiger partial charge < -0.3 is 14.8 Å². The molecule has 6 nitrogen and oxygen atoms in total. The highest BCUT2D eigenvalue weighted by Crippen LogP contribution is 2.19. The van der Waals surface area contributed by atoms with Crippen molar-refractivity contribution in [3.63, 3.8) is 0 Å². The zero-order valence-electron chi connectivity index (χ0n) is 12.7. The van der Waals surface area contributed by atoms with Gasteiger partial charge in [0.25, 0.3) is 5.91 Å². The standard InChI is InChI=1S/C17H15NO5/c1-11(19)23-13-7-5-6-12(10-13)16(20)18-15-9-4-3-8-14(15)17(21)22-2/h3-10H,1-2H3,(H,18,20). The monoisotopic (exact) mass is 313 g/mol. The van der Waals surface area contributed by atoms with Crippen LogP contribution in [0.25, 0.3) is 0 Å². The number of anilines is 1. The minimum atomic E-state index is -0.547. The van der Waals surface area contributed by atoms with Crippen LogP contribution in [0.2, 0.25) is 0 Å². The van der Waals surface area contributed by atoms with Gasteiger partial charge in [0.1, 0.15) is 5.75 Å². The maximum absolute atomic E-state index is 12.3. The summed E-state index contributed by atoms with van der Waals surface area (Å²) in [5, 5.41) is 2.64. The van der Waals surface area contributed by atoms with E-state index in [0.717, 1.165) is 0 Å². The smallest absolute Gasteiger partial charge is 0.339 e. The van der Waals surface area contributed by atoms with Crippen molar-refractivity contribution in [2.24, 2.45) is 0 Å². The fourth-order valence-electron chi connectivity index (χ4n) is 1.94. The number of para-hydroxylation sites is 1. The number of esters is 2. The zero-order chi connectivity index (χ0) is 16.8. The number of ether oxygens (including phenoxy) is 2. The third kappa shape index (κ3) is 4.16. The number of hydrogen-bond donors (Lipinski definition) is 1. The van der Waals surface area contributed by atoms with Crippen LogP contribution in [-0.2, 0) is 9.53 Å². The highest BCUT2D eigenvalue weighted by molar-refractivity contribution is 6.08. The third-order valence-electron chi connectivity index (χ3n) is 2.94. The van der Waals surface area contributed by atoms with Crippen LogP contribution in [0, 0.1) is 0 Å². The van der Waals surface area contributed by atoms with Gasteiger partial charge in [-0.05, 0) is 30.3 Å². The van der Waals surface area contributed by atoms with Gasteiger partial charge in [-0.1, -0.05) is 18.2 Å². The van der Waals surface area contributed by atoms with E-state index in [9.17, 15) is 14.4 Å².